The number of methoxy groups -OCH3 is 1. The smallest absolute Gasteiger partial charge is 0.242 e. The molecule has 1 heterocycles. The van der Waals surface area contributed by atoms with Crippen LogP contribution in [0, 0.1) is 0 Å². The second-order valence-electron chi connectivity index (χ2n) is 7.29. The Labute approximate surface area is 182 Å². The van der Waals surface area contributed by atoms with Gasteiger partial charge in [0.1, 0.15) is 11.8 Å². The molecule has 1 N–H and O–H groups in total. The van der Waals surface area contributed by atoms with Crippen molar-refractivity contribution in [1.82, 2.24) is 15.2 Å². The second kappa shape index (κ2) is 10.9. The van der Waals surface area contributed by atoms with Crippen LogP contribution in [-0.4, -0.2) is 34.8 Å². The van der Waals surface area contributed by atoms with Crippen molar-refractivity contribution in [3.63, 3.8) is 0 Å². The molecular formula is C25H27N3O3. The van der Waals surface area contributed by atoms with Crippen LogP contribution >= 0.6 is 0 Å². The first-order chi connectivity index (χ1) is 15.1. The summed E-state index contributed by atoms with van der Waals surface area (Å²) < 4.78 is 5.21. The largest absolute Gasteiger partial charge is 0.497 e. The van der Waals surface area contributed by atoms with Crippen LogP contribution in [0.3, 0.4) is 0 Å². The van der Waals surface area contributed by atoms with Gasteiger partial charge in [-0.1, -0.05) is 48.5 Å². The molecule has 2 aromatic carbocycles. The molecule has 0 aliphatic carbocycles. The molecular weight excluding hydrogens is 390 g/mol. The van der Waals surface area contributed by atoms with E-state index in [-0.39, 0.29) is 18.2 Å². The Morgan fingerprint density at radius 2 is 1.68 bits per heavy atom. The zero-order valence-electron chi connectivity index (χ0n) is 17.8. The maximum atomic E-state index is 13.2. The van der Waals surface area contributed by atoms with Crippen LogP contribution in [0.1, 0.15) is 23.6 Å². The van der Waals surface area contributed by atoms with Crippen molar-refractivity contribution < 1.29 is 14.3 Å². The minimum atomic E-state index is -0.630. The Kier molecular flexibility index (Phi) is 7.76. The predicted octanol–water partition coefficient (Wildman–Crippen LogP) is 3.37. The summed E-state index contributed by atoms with van der Waals surface area (Å²) in [6, 6.07) is 20.1. The summed E-state index contributed by atoms with van der Waals surface area (Å²) in [5.74, 6) is 0.429. The highest BCUT2D eigenvalue weighted by molar-refractivity contribution is 5.88. The number of ether oxygens (including phenoxy) is 1. The number of amides is 2. The third-order valence-electron chi connectivity index (χ3n) is 5.07. The molecule has 3 aromatic rings. The first-order valence-corrected chi connectivity index (χ1v) is 10.2. The molecule has 2 amide bonds. The molecule has 1 atom stereocenters. The number of nitrogens with one attached hydrogen (secondary N) is 1. The molecule has 160 valence electrons. The minimum absolute atomic E-state index is 0.106. The number of hydrogen-bond acceptors (Lipinski definition) is 4. The fraction of sp³-hybridized carbons (Fsp3) is 0.240. The van der Waals surface area contributed by atoms with Crippen molar-refractivity contribution in [2.75, 3.05) is 7.11 Å². The monoisotopic (exact) mass is 417 g/mol. The van der Waals surface area contributed by atoms with E-state index < -0.39 is 6.04 Å². The quantitative estimate of drug-likeness (QED) is 0.580. The standard InChI is InChI=1S/C25H27N3O3/c1-19(25(30)27-17-22-9-6-14-26-16-22)28(18-21-10-12-23(31-2)13-11-21)24(29)15-20-7-4-3-5-8-20/h3-14,16,19H,15,17-18H2,1-2H3,(H,27,30)/t19-/m1/s1. The molecule has 0 saturated carbocycles. The normalized spacial score (nSPS) is 11.4. The summed E-state index contributed by atoms with van der Waals surface area (Å²) in [6.45, 7) is 2.45. The number of hydrogen-bond donors (Lipinski definition) is 1. The van der Waals surface area contributed by atoms with Gasteiger partial charge in [-0.25, -0.2) is 0 Å². The van der Waals surface area contributed by atoms with Crippen molar-refractivity contribution in [2.45, 2.75) is 32.5 Å². The molecule has 6 heteroatoms. The van der Waals surface area contributed by atoms with E-state index in [0.29, 0.717) is 13.1 Å². The van der Waals surface area contributed by atoms with Crippen LogP contribution in [0.15, 0.2) is 79.1 Å². The Morgan fingerprint density at radius 3 is 2.32 bits per heavy atom. The van der Waals surface area contributed by atoms with Crippen molar-refractivity contribution in [2.24, 2.45) is 0 Å². The lowest BCUT2D eigenvalue weighted by molar-refractivity contribution is -0.140. The van der Waals surface area contributed by atoms with Crippen LogP contribution in [0.4, 0.5) is 0 Å². The Morgan fingerprint density at radius 1 is 0.968 bits per heavy atom. The van der Waals surface area contributed by atoms with Crippen molar-refractivity contribution >= 4 is 11.8 Å². The van der Waals surface area contributed by atoms with Gasteiger partial charge in [0.05, 0.1) is 13.5 Å². The molecule has 0 aliphatic heterocycles. The van der Waals surface area contributed by atoms with Gasteiger partial charge in [0, 0.05) is 25.5 Å². The van der Waals surface area contributed by atoms with Crippen molar-refractivity contribution in [3.8, 4) is 5.75 Å². The summed E-state index contributed by atoms with van der Waals surface area (Å²) in [5, 5.41) is 2.91. The number of aromatic nitrogens is 1. The summed E-state index contributed by atoms with van der Waals surface area (Å²) in [5.41, 5.74) is 2.74. The van der Waals surface area contributed by atoms with E-state index in [4.69, 9.17) is 4.74 Å². The number of benzene rings is 2. The van der Waals surface area contributed by atoms with Crippen LogP contribution in [0.2, 0.25) is 0 Å². The fourth-order valence-corrected chi connectivity index (χ4v) is 3.22. The average molecular weight is 418 g/mol. The molecule has 3 rings (SSSR count). The second-order valence-corrected chi connectivity index (χ2v) is 7.29. The van der Waals surface area contributed by atoms with Crippen molar-refractivity contribution in [3.05, 3.63) is 95.8 Å². The van der Waals surface area contributed by atoms with Crippen LogP contribution < -0.4 is 10.1 Å². The van der Waals surface area contributed by atoms with E-state index in [2.05, 4.69) is 10.3 Å². The lowest BCUT2D eigenvalue weighted by Gasteiger charge is -2.29. The molecule has 0 bridgehead atoms. The lowest BCUT2D eigenvalue weighted by atomic mass is 10.1. The van der Waals surface area contributed by atoms with Gasteiger partial charge >= 0.3 is 0 Å². The lowest BCUT2D eigenvalue weighted by Crippen LogP contribution is -2.48. The fourth-order valence-electron chi connectivity index (χ4n) is 3.22. The maximum absolute atomic E-state index is 13.2. The molecule has 1 aromatic heterocycles. The molecule has 6 nitrogen and oxygen atoms in total. The highest BCUT2D eigenvalue weighted by Gasteiger charge is 2.26. The summed E-state index contributed by atoms with van der Waals surface area (Å²) >= 11 is 0. The molecule has 0 saturated heterocycles. The summed E-state index contributed by atoms with van der Waals surface area (Å²) in [6.07, 6.45) is 3.63. The molecule has 0 fully saturated rings. The average Bonchev–Trinajstić information content (AvgIpc) is 2.82. The molecule has 31 heavy (non-hydrogen) atoms. The first kappa shape index (κ1) is 22.0. The number of rotatable bonds is 9. The van der Waals surface area contributed by atoms with Gasteiger partial charge in [-0.3, -0.25) is 14.6 Å². The third kappa shape index (κ3) is 6.40. The van der Waals surface area contributed by atoms with E-state index >= 15 is 0 Å². The molecule has 0 aliphatic rings. The van der Waals surface area contributed by atoms with Gasteiger partial charge in [0.15, 0.2) is 0 Å². The summed E-state index contributed by atoms with van der Waals surface area (Å²) in [7, 11) is 1.61. The molecule has 0 radical (unpaired) electrons. The highest BCUT2D eigenvalue weighted by Crippen LogP contribution is 2.16. The number of carbonyl (C=O) groups is 2. The first-order valence-electron chi connectivity index (χ1n) is 10.2. The van der Waals surface area contributed by atoms with E-state index in [1.165, 1.54) is 0 Å². The highest BCUT2D eigenvalue weighted by atomic mass is 16.5. The number of nitrogens with zero attached hydrogens (tertiary/aromatic N) is 2. The number of carbonyl (C=O) groups excluding carboxylic acids is 2. The van der Waals surface area contributed by atoms with E-state index in [1.54, 1.807) is 31.3 Å². The van der Waals surface area contributed by atoms with E-state index in [9.17, 15) is 9.59 Å². The van der Waals surface area contributed by atoms with Gasteiger partial charge in [-0.2, -0.15) is 0 Å². The number of pyridine rings is 1. The predicted molar refractivity (Wildman–Crippen MR) is 119 cm³/mol. The molecule has 0 unspecified atom stereocenters. The maximum Gasteiger partial charge on any atom is 0.242 e. The van der Waals surface area contributed by atoms with Gasteiger partial charge < -0.3 is 15.0 Å². The van der Waals surface area contributed by atoms with Crippen LogP contribution in [0.25, 0.3) is 0 Å². The molecule has 0 spiro atoms. The van der Waals surface area contributed by atoms with Gasteiger partial charge in [0.2, 0.25) is 11.8 Å². The van der Waals surface area contributed by atoms with Crippen LogP contribution in [0.5, 0.6) is 5.75 Å². The SMILES string of the molecule is COc1ccc(CN(C(=O)Cc2ccccc2)[C@H](C)C(=O)NCc2cccnc2)cc1. The van der Waals surface area contributed by atoms with Gasteiger partial charge in [-0.15, -0.1) is 0 Å². The third-order valence-corrected chi connectivity index (χ3v) is 5.07. The van der Waals surface area contributed by atoms with Crippen LogP contribution in [-0.2, 0) is 29.1 Å². The Balaban J connectivity index is 1.73. The summed E-state index contributed by atoms with van der Waals surface area (Å²) in [4.78, 5) is 31.7. The van der Waals surface area contributed by atoms with E-state index in [0.717, 1.165) is 22.4 Å². The van der Waals surface area contributed by atoms with Gasteiger partial charge in [0.25, 0.3) is 0 Å². The van der Waals surface area contributed by atoms with Gasteiger partial charge in [-0.05, 0) is 41.8 Å². The minimum Gasteiger partial charge on any atom is -0.497 e. The Hall–Kier alpha value is -3.67. The topological polar surface area (TPSA) is 71.5 Å². The zero-order valence-corrected chi connectivity index (χ0v) is 17.8. The van der Waals surface area contributed by atoms with E-state index in [1.807, 2.05) is 66.7 Å². The zero-order chi connectivity index (χ0) is 22.1. The Bertz CT molecular complexity index is 976. The van der Waals surface area contributed by atoms with Crippen molar-refractivity contribution in [1.29, 1.82) is 0 Å².